The van der Waals surface area contributed by atoms with Gasteiger partial charge in [-0.05, 0) is 27.4 Å². The van der Waals surface area contributed by atoms with E-state index in [2.05, 4.69) is 6.58 Å². The topological polar surface area (TPSA) is 83.9 Å². The molecule has 0 fully saturated rings. The molecule has 7 heteroatoms. The second-order valence-electron chi connectivity index (χ2n) is 4.36. The molecule has 0 unspecified atom stereocenters. The smallest absolute Gasteiger partial charge is 0.333 e. The minimum atomic E-state index is -3.69. The van der Waals surface area contributed by atoms with E-state index in [9.17, 15) is 13.2 Å². The van der Waals surface area contributed by atoms with Gasteiger partial charge in [-0.2, -0.15) is 8.42 Å². The van der Waals surface area contributed by atoms with Crippen molar-refractivity contribution in [1.82, 2.24) is 4.90 Å². The first-order valence-electron chi connectivity index (χ1n) is 6.02. The molecule has 0 aliphatic rings. The average molecular weight is 295 g/mol. The van der Waals surface area contributed by atoms with Gasteiger partial charge in [0.25, 0.3) is 10.1 Å². The quantitative estimate of drug-likeness (QED) is 0.433. The Kier molecular flexibility index (Phi) is 11.8. The van der Waals surface area contributed by atoms with E-state index in [1.807, 2.05) is 25.9 Å². The number of unbranched alkanes of at least 4 members (excludes halogenated alkanes) is 1. The highest BCUT2D eigenvalue weighted by Crippen LogP contribution is 1.91. The number of hydrogen-bond donors (Lipinski definition) is 1. The zero-order valence-electron chi connectivity index (χ0n) is 12.2. The maximum absolute atomic E-state index is 10.8. The van der Waals surface area contributed by atoms with Gasteiger partial charge in [0.2, 0.25) is 0 Å². The molecule has 0 saturated carbocycles. The number of nitrogens with zero attached hydrogens (tertiary/aromatic N) is 1. The van der Waals surface area contributed by atoms with Crippen molar-refractivity contribution in [2.45, 2.75) is 26.7 Å². The minimum Gasteiger partial charge on any atom is -0.461 e. The predicted molar refractivity (Wildman–Crippen MR) is 75.7 cm³/mol. The number of hydrogen-bond acceptors (Lipinski definition) is 5. The zero-order chi connectivity index (χ0) is 15.5. The first kappa shape index (κ1) is 20.4. The fourth-order valence-electron chi connectivity index (χ4n) is 0.771. The summed E-state index contributed by atoms with van der Waals surface area (Å²) in [7, 11) is 0.164. The van der Waals surface area contributed by atoms with E-state index in [4.69, 9.17) is 9.29 Å². The summed E-state index contributed by atoms with van der Waals surface area (Å²) in [5.74, 6) is -0.421. The summed E-state index contributed by atoms with van der Waals surface area (Å²) < 4.78 is 32.8. The van der Waals surface area contributed by atoms with Crippen LogP contribution in [-0.2, 0) is 19.6 Å². The van der Waals surface area contributed by atoms with Gasteiger partial charge in [-0.1, -0.05) is 19.9 Å². The van der Waals surface area contributed by atoms with E-state index in [0.717, 1.165) is 13.0 Å². The standard InChI is InChI=1S/C8H15NO2.C4H10O3S/c1-7(2)8(10)11-6-5-9(3)4;1-2-3-4-8(5,6)7/h1,5-6H2,2-4H3;2-4H2,1H3,(H,5,6,7). The van der Waals surface area contributed by atoms with Crippen LogP contribution in [0.3, 0.4) is 0 Å². The normalized spacial score (nSPS) is 10.6. The van der Waals surface area contributed by atoms with Crippen molar-refractivity contribution in [2.24, 2.45) is 0 Å². The number of carbonyl (C=O) groups is 1. The molecule has 0 bridgehead atoms. The van der Waals surface area contributed by atoms with Crippen LogP contribution in [0.2, 0.25) is 0 Å². The molecular weight excluding hydrogens is 270 g/mol. The Bertz CT molecular complexity index is 362. The third kappa shape index (κ3) is 19.6. The number of ether oxygens (including phenoxy) is 1. The van der Waals surface area contributed by atoms with Gasteiger partial charge in [0.1, 0.15) is 6.61 Å². The Morgan fingerprint density at radius 2 is 1.89 bits per heavy atom. The summed E-state index contributed by atoms with van der Waals surface area (Å²) in [6, 6.07) is 0. The van der Waals surface area contributed by atoms with Crippen LogP contribution in [0.15, 0.2) is 12.2 Å². The van der Waals surface area contributed by atoms with Crippen molar-refractivity contribution in [3.05, 3.63) is 12.2 Å². The molecule has 0 aliphatic heterocycles. The molecule has 0 spiro atoms. The van der Waals surface area contributed by atoms with Gasteiger partial charge < -0.3 is 9.64 Å². The van der Waals surface area contributed by atoms with Gasteiger partial charge in [0.05, 0.1) is 5.75 Å². The summed E-state index contributed by atoms with van der Waals surface area (Å²) >= 11 is 0. The van der Waals surface area contributed by atoms with Crippen molar-refractivity contribution < 1.29 is 22.5 Å². The molecule has 19 heavy (non-hydrogen) atoms. The lowest BCUT2D eigenvalue weighted by Gasteiger charge is -2.09. The monoisotopic (exact) mass is 295 g/mol. The molecule has 0 aliphatic carbocycles. The fraction of sp³-hybridized carbons (Fsp3) is 0.750. The lowest BCUT2D eigenvalue weighted by Crippen LogP contribution is -2.20. The van der Waals surface area contributed by atoms with Crippen LogP contribution in [0.1, 0.15) is 26.7 Å². The van der Waals surface area contributed by atoms with Gasteiger partial charge in [-0.25, -0.2) is 4.79 Å². The number of likely N-dealkylation sites (N-methyl/N-ethyl adjacent to an activating group) is 1. The molecule has 114 valence electrons. The van der Waals surface area contributed by atoms with E-state index in [1.54, 1.807) is 6.92 Å². The summed E-state index contributed by atoms with van der Waals surface area (Å²) in [5, 5.41) is 0. The molecule has 0 radical (unpaired) electrons. The van der Waals surface area contributed by atoms with Gasteiger partial charge in [-0.3, -0.25) is 4.55 Å². The van der Waals surface area contributed by atoms with E-state index in [0.29, 0.717) is 18.6 Å². The molecule has 0 aromatic rings. The van der Waals surface area contributed by atoms with E-state index < -0.39 is 10.1 Å². The molecule has 0 aromatic carbocycles. The second kappa shape index (κ2) is 11.0. The molecule has 0 rings (SSSR count). The third-order valence-electron chi connectivity index (χ3n) is 1.88. The van der Waals surface area contributed by atoms with Crippen molar-refractivity contribution in [2.75, 3.05) is 33.0 Å². The number of rotatable bonds is 7. The maximum Gasteiger partial charge on any atom is 0.333 e. The Morgan fingerprint density at radius 3 is 2.16 bits per heavy atom. The summed E-state index contributed by atoms with van der Waals surface area (Å²) in [4.78, 5) is 12.7. The van der Waals surface area contributed by atoms with Gasteiger partial charge >= 0.3 is 5.97 Å². The first-order chi connectivity index (χ1) is 8.60. The van der Waals surface area contributed by atoms with Gasteiger partial charge in [0.15, 0.2) is 0 Å². The van der Waals surface area contributed by atoms with Gasteiger partial charge in [-0.15, -0.1) is 0 Å². The highest BCUT2D eigenvalue weighted by molar-refractivity contribution is 7.85. The maximum atomic E-state index is 10.8. The van der Waals surface area contributed by atoms with Gasteiger partial charge in [0, 0.05) is 12.1 Å². The minimum absolute atomic E-state index is 0.108. The summed E-state index contributed by atoms with van der Waals surface area (Å²) in [6.45, 7) is 8.15. The lowest BCUT2D eigenvalue weighted by molar-refractivity contribution is -0.139. The van der Waals surface area contributed by atoms with E-state index in [-0.39, 0.29) is 11.7 Å². The van der Waals surface area contributed by atoms with Crippen LogP contribution in [-0.4, -0.2) is 56.8 Å². The SMILES string of the molecule is C=C(C)C(=O)OCCN(C)C.CCCCS(=O)(=O)O. The predicted octanol–water partition coefficient (Wildman–Crippen LogP) is 1.34. The number of esters is 1. The van der Waals surface area contributed by atoms with Crippen LogP contribution in [0.4, 0.5) is 0 Å². The van der Waals surface area contributed by atoms with E-state index in [1.165, 1.54) is 0 Å². The van der Waals surface area contributed by atoms with Crippen LogP contribution < -0.4 is 0 Å². The molecule has 6 nitrogen and oxygen atoms in total. The lowest BCUT2D eigenvalue weighted by atomic mass is 10.4. The van der Waals surface area contributed by atoms with E-state index >= 15 is 0 Å². The summed E-state index contributed by atoms with van der Waals surface area (Å²) in [6.07, 6.45) is 1.33. The zero-order valence-corrected chi connectivity index (χ0v) is 13.0. The average Bonchev–Trinajstić information content (AvgIpc) is 2.25. The molecule has 0 amide bonds. The molecule has 0 aromatic heterocycles. The Balaban J connectivity index is 0. The van der Waals surface area contributed by atoms with Crippen molar-refractivity contribution in [3.8, 4) is 0 Å². The second-order valence-corrected chi connectivity index (χ2v) is 5.93. The summed E-state index contributed by atoms with van der Waals surface area (Å²) in [5.41, 5.74) is 0.448. The Morgan fingerprint density at radius 1 is 1.37 bits per heavy atom. The third-order valence-corrected chi connectivity index (χ3v) is 2.68. The largest absolute Gasteiger partial charge is 0.461 e. The Hall–Kier alpha value is -0.920. The highest BCUT2D eigenvalue weighted by Gasteiger charge is 2.01. The molecular formula is C12H25NO5S. The van der Waals surface area contributed by atoms with Crippen LogP contribution in [0.25, 0.3) is 0 Å². The van der Waals surface area contributed by atoms with Crippen LogP contribution >= 0.6 is 0 Å². The van der Waals surface area contributed by atoms with Crippen molar-refractivity contribution in [3.63, 3.8) is 0 Å². The molecule has 0 saturated heterocycles. The first-order valence-corrected chi connectivity index (χ1v) is 7.63. The van der Waals surface area contributed by atoms with Crippen molar-refractivity contribution in [1.29, 1.82) is 0 Å². The van der Waals surface area contributed by atoms with Crippen LogP contribution in [0.5, 0.6) is 0 Å². The molecule has 1 N–H and O–H groups in total. The van der Waals surface area contributed by atoms with Crippen LogP contribution in [0, 0.1) is 0 Å². The number of carbonyl (C=O) groups excluding carboxylic acids is 1. The molecule has 0 heterocycles. The fourth-order valence-corrected chi connectivity index (χ4v) is 1.42. The van der Waals surface area contributed by atoms with Crippen molar-refractivity contribution >= 4 is 16.1 Å². The highest BCUT2D eigenvalue weighted by atomic mass is 32.2. The Labute approximate surface area is 116 Å². The molecule has 0 atom stereocenters.